The molecule has 0 radical (unpaired) electrons. The second-order valence-electron chi connectivity index (χ2n) is 3.94. The lowest BCUT2D eigenvalue weighted by atomic mass is 9.82. The van der Waals surface area contributed by atoms with Crippen molar-refractivity contribution in [1.82, 2.24) is 0 Å². The normalized spacial score (nSPS) is 34.5. The molecule has 0 saturated heterocycles. The van der Waals surface area contributed by atoms with Gasteiger partial charge in [0.2, 0.25) is 0 Å². The first-order valence-corrected chi connectivity index (χ1v) is 4.25. The molecule has 2 aliphatic heterocycles. The predicted molar refractivity (Wildman–Crippen MR) is 47.3 cm³/mol. The zero-order valence-corrected chi connectivity index (χ0v) is 7.39. The van der Waals surface area contributed by atoms with Crippen molar-refractivity contribution in [3.63, 3.8) is 0 Å². The Balaban J connectivity index is 2.08. The van der Waals surface area contributed by atoms with Gasteiger partial charge in [0.15, 0.2) is 5.66 Å². The molecule has 0 aromatic heterocycles. The summed E-state index contributed by atoms with van der Waals surface area (Å²) in [6, 6.07) is 0. The number of rotatable bonds is 1. The van der Waals surface area contributed by atoms with Crippen molar-refractivity contribution < 1.29 is 0 Å². The molecule has 1 atom stereocenters. The van der Waals surface area contributed by atoms with Crippen LogP contribution < -0.4 is 0 Å². The monoisotopic (exact) mass is 150 g/mol. The summed E-state index contributed by atoms with van der Waals surface area (Å²) in [5.41, 5.74) is 2.65. The van der Waals surface area contributed by atoms with Crippen LogP contribution in [0.5, 0.6) is 0 Å². The van der Waals surface area contributed by atoms with Crippen molar-refractivity contribution in [3.05, 3.63) is 0 Å². The minimum atomic E-state index is 0.0453. The van der Waals surface area contributed by atoms with Crippen molar-refractivity contribution in [1.29, 1.82) is 0 Å². The third kappa shape index (κ3) is 0.924. The van der Waals surface area contributed by atoms with Crippen LogP contribution in [-0.2, 0) is 0 Å². The Kier molecular flexibility index (Phi) is 1.23. The molecule has 0 amide bonds. The van der Waals surface area contributed by atoms with E-state index in [9.17, 15) is 0 Å². The summed E-state index contributed by atoms with van der Waals surface area (Å²) in [4.78, 5) is 8.96. The Morgan fingerprint density at radius 1 is 1.27 bits per heavy atom. The second-order valence-corrected chi connectivity index (χ2v) is 3.94. The van der Waals surface area contributed by atoms with E-state index in [1.165, 1.54) is 11.4 Å². The molecule has 2 heterocycles. The third-order valence-electron chi connectivity index (χ3n) is 2.42. The maximum atomic E-state index is 4.54. The van der Waals surface area contributed by atoms with Crippen LogP contribution in [0.25, 0.3) is 0 Å². The van der Waals surface area contributed by atoms with E-state index in [2.05, 4.69) is 30.8 Å². The van der Waals surface area contributed by atoms with Gasteiger partial charge in [-0.1, -0.05) is 13.8 Å². The average Bonchev–Trinajstić information content (AvgIpc) is 1.73. The van der Waals surface area contributed by atoms with Crippen LogP contribution in [0.4, 0.5) is 0 Å². The molecular formula is C9H14N2. The van der Waals surface area contributed by atoms with Crippen LogP contribution in [0.2, 0.25) is 0 Å². The summed E-state index contributed by atoms with van der Waals surface area (Å²) in [5, 5.41) is 0. The third-order valence-corrected chi connectivity index (χ3v) is 2.42. The largest absolute Gasteiger partial charge is 0.264 e. The standard InChI is InChI=1S/C9H14N2/c1-6(2)8-5-9(11-8)4-7(3)10-9/h6H,4-5H2,1-3H3. The number of nitrogens with zero attached hydrogens (tertiary/aromatic N) is 2. The van der Waals surface area contributed by atoms with Crippen LogP contribution in [0.15, 0.2) is 9.98 Å². The first-order valence-electron chi connectivity index (χ1n) is 4.25. The molecule has 2 aliphatic rings. The van der Waals surface area contributed by atoms with E-state index < -0.39 is 0 Å². The topological polar surface area (TPSA) is 24.7 Å². The summed E-state index contributed by atoms with van der Waals surface area (Å²) in [5.74, 6) is 0.622. The van der Waals surface area contributed by atoms with Crippen LogP contribution in [0.3, 0.4) is 0 Å². The maximum Gasteiger partial charge on any atom is 0.160 e. The first-order chi connectivity index (χ1) is 5.11. The Morgan fingerprint density at radius 3 is 2.18 bits per heavy atom. The molecule has 1 unspecified atom stereocenters. The molecule has 0 fully saturated rings. The zero-order chi connectivity index (χ0) is 8.06. The maximum absolute atomic E-state index is 4.54. The van der Waals surface area contributed by atoms with Gasteiger partial charge in [-0.05, 0) is 12.8 Å². The van der Waals surface area contributed by atoms with E-state index in [-0.39, 0.29) is 5.66 Å². The summed E-state index contributed by atoms with van der Waals surface area (Å²) in [7, 11) is 0. The SMILES string of the molecule is CC1=NC2(C1)CC(C(C)C)=N2. The van der Waals surface area contributed by atoms with Crippen molar-refractivity contribution >= 4 is 11.4 Å². The van der Waals surface area contributed by atoms with Gasteiger partial charge in [-0.2, -0.15) is 0 Å². The smallest absolute Gasteiger partial charge is 0.160 e. The lowest BCUT2D eigenvalue weighted by Crippen LogP contribution is -2.47. The lowest BCUT2D eigenvalue weighted by molar-refractivity contribution is 0.388. The molecule has 0 aromatic carbocycles. The molecule has 2 rings (SSSR count). The summed E-state index contributed by atoms with van der Waals surface area (Å²) >= 11 is 0. The molecule has 0 saturated carbocycles. The zero-order valence-electron chi connectivity index (χ0n) is 7.39. The van der Waals surface area contributed by atoms with Gasteiger partial charge in [-0.3, -0.25) is 9.98 Å². The molecule has 2 nitrogen and oxygen atoms in total. The Labute approximate surface area is 67.4 Å². The van der Waals surface area contributed by atoms with E-state index in [1.54, 1.807) is 0 Å². The molecule has 1 spiro atoms. The Hall–Kier alpha value is -0.660. The molecular weight excluding hydrogens is 136 g/mol. The van der Waals surface area contributed by atoms with Crippen LogP contribution in [0, 0.1) is 5.92 Å². The van der Waals surface area contributed by atoms with Crippen LogP contribution in [0.1, 0.15) is 33.6 Å². The highest BCUT2D eigenvalue weighted by molar-refractivity contribution is 5.98. The summed E-state index contributed by atoms with van der Waals surface area (Å²) in [6.45, 7) is 6.47. The predicted octanol–water partition coefficient (Wildman–Crippen LogP) is 2.05. The molecule has 0 aliphatic carbocycles. The molecule has 0 bridgehead atoms. The number of hydrogen-bond acceptors (Lipinski definition) is 2. The van der Waals surface area contributed by atoms with Gasteiger partial charge in [-0.25, -0.2) is 0 Å². The first kappa shape index (κ1) is 7.01. The van der Waals surface area contributed by atoms with E-state index >= 15 is 0 Å². The van der Waals surface area contributed by atoms with Crippen molar-refractivity contribution in [2.24, 2.45) is 15.9 Å². The Bertz CT molecular complexity index is 250. The fourth-order valence-electron chi connectivity index (χ4n) is 1.80. The molecule has 0 N–H and O–H groups in total. The van der Waals surface area contributed by atoms with Crippen LogP contribution >= 0.6 is 0 Å². The minimum Gasteiger partial charge on any atom is -0.264 e. The van der Waals surface area contributed by atoms with Gasteiger partial charge in [-0.15, -0.1) is 0 Å². The van der Waals surface area contributed by atoms with Gasteiger partial charge >= 0.3 is 0 Å². The van der Waals surface area contributed by atoms with Gasteiger partial charge < -0.3 is 0 Å². The highest BCUT2D eigenvalue weighted by Gasteiger charge is 2.44. The van der Waals surface area contributed by atoms with Gasteiger partial charge in [0.1, 0.15) is 0 Å². The van der Waals surface area contributed by atoms with E-state index in [1.807, 2.05) is 0 Å². The van der Waals surface area contributed by atoms with Gasteiger partial charge in [0.05, 0.1) is 0 Å². The van der Waals surface area contributed by atoms with E-state index in [0.29, 0.717) is 5.92 Å². The highest BCUT2D eigenvalue weighted by atomic mass is 15.2. The van der Waals surface area contributed by atoms with Crippen molar-refractivity contribution in [3.8, 4) is 0 Å². The summed E-state index contributed by atoms with van der Waals surface area (Å²) < 4.78 is 0. The van der Waals surface area contributed by atoms with Crippen LogP contribution in [-0.4, -0.2) is 17.1 Å². The quantitative estimate of drug-likeness (QED) is 0.546. The fraction of sp³-hybridized carbons (Fsp3) is 0.778. The van der Waals surface area contributed by atoms with E-state index in [4.69, 9.17) is 0 Å². The molecule has 11 heavy (non-hydrogen) atoms. The lowest BCUT2D eigenvalue weighted by Gasteiger charge is -2.42. The fourth-order valence-corrected chi connectivity index (χ4v) is 1.80. The summed E-state index contributed by atoms with van der Waals surface area (Å²) in [6.07, 6.45) is 2.21. The average molecular weight is 150 g/mol. The van der Waals surface area contributed by atoms with Gasteiger partial charge in [0.25, 0.3) is 0 Å². The van der Waals surface area contributed by atoms with Crippen molar-refractivity contribution in [2.75, 3.05) is 0 Å². The second kappa shape index (κ2) is 1.93. The van der Waals surface area contributed by atoms with E-state index in [0.717, 1.165) is 12.8 Å². The molecule has 0 aromatic rings. The van der Waals surface area contributed by atoms with Crippen molar-refractivity contribution in [2.45, 2.75) is 39.3 Å². The minimum absolute atomic E-state index is 0.0453. The number of aliphatic imine (C=N–C) groups is 2. The highest BCUT2D eigenvalue weighted by Crippen LogP contribution is 2.40. The number of hydrogen-bond donors (Lipinski definition) is 0. The Morgan fingerprint density at radius 2 is 1.82 bits per heavy atom. The van der Waals surface area contributed by atoms with Gasteiger partial charge in [0, 0.05) is 24.3 Å². The molecule has 60 valence electrons. The molecule has 2 heteroatoms.